The monoisotopic (exact) mass is 404 g/mol. The molecule has 7 nitrogen and oxygen atoms in total. The van der Waals surface area contributed by atoms with Crippen LogP contribution in [0.3, 0.4) is 0 Å². The van der Waals surface area contributed by atoms with E-state index in [4.69, 9.17) is 17.0 Å². The number of benzene rings is 2. The van der Waals surface area contributed by atoms with E-state index in [1.807, 2.05) is 74.5 Å². The minimum atomic E-state index is 0.395. The average molecular weight is 404 g/mol. The van der Waals surface area contributed by atoms with E-state index in [0.29, 0.717) is 17.3 Å². The van der Waals surface area contributed by atoms with E-state index in [-0.39, 0.29) is 0 Å². The fourth-order valence-electron chi connectivity index (χ4n) is 2.87. The van der Waals surface area contributed by atoms with Crippen molar-refractivity contribution in [2.75, 3.05) is 0 Å². The van der Waals surface area contributed by atoms with Crippen molar-refractivity contribution >= 4 is 18.4 Å². The van der Waals surface area contributed by atoms with Crippen LogP contribution in [0.25, 0.3) is 5.95 Å². The molecule has 4 aromatic rings. The number of nitrogens with zero attached hydrogens (tertiary/aromatic N) is 5. The molecule has 0 unspecified atom stereocenters. The van der Waals surface area contributed by atoms with E-state index in [2.05, 4.69) is 20.4 Å². The summed E-state index contributed by atoms with van der Waals surface area (Å²) in [6.07, 6.45) is 1.72. The van der Waals surface area contributed by atoms with Crippen LogP contribution < -0.4 is 4.74 Å². The summed E-state index contributed by atoms with van der Waals surface area (Å²) in [5.74, 6) is 1.31. The third kappa shape index (κ3) is 4.33. The Balaban J connectivity index is 1.49. The number of rotatable bonds is 6. The molecule has 4 rings (SSSR count). The Kier molecular flexibility index (Phi) is 5.35. The van der Waals surface area contributed by atoms with Crippen molar-refractivity contribution in [3.63, 3.8) is 0 Å². The quantitative estimate of drug-likeness (QED) is 0.386. The molecular weight excluding hydrogens is 384 g/mol. The molecule has 29 heavy (non-hydrogen) atoms. The zero-order valence-electron chi connectivity index (χ0n) is 16.1. The first-order valence-electron chi connectivity index (χ1n) is 9.12. The molecule has 2 aromatic heterocycles. The number of hydrogen-bond donors (Lipinski definition) is 1. The van der Waals surface area contributed by atoms with E-state index in [1.54, 1.807) is 15.6 Å². The maximum atomic E-state index is 5.82. The summed E-state index contributed by atoms with van der Waals surface area (Å²) >= 11 is 5.31. The summed E-state index contributed by atoms with van der Waals surface area (Å²) in [6.45, 7) is 4.42. The molecule has 0 bridgehead atoms. The highest BCUT2D eigenvalue weighted by Gasteiger charge is 2.11. The highest BCUT2D eigenvalue weighted by molar-refractivity contribution is 7.71. The molecule has 0 radical (unpaired) electrons. The van der Waals surface area contributed by atoms with Crippen LogP contribution in [0.1, 0.15) is 22.5 Å². The summed E-state index contributed by atoms with van der Waals surface area (Å²) in [5.41, 5.74) is 3.90. The molecule has 2 aromatic carbocycles. The Morgan fingerprint density at radius 2 is 1.86 bits per heavy atom. The van der Waals surface area contributed by atoms with Crippen molar-refractivity contribution in [1.82, 2.24) is 24.7 Å². The molecule has 146 valence electrons. The molecule has 0 aliphatic rings. The Bertz CT molecular complexity index is 1190. The standard InChI is InChI=1S/C21H20N6OS/c1-15-12-16(2)26(25-15)20-23-24-21(29)27(20)22-13-17-8-10-19(11-9-17)28-14-18-6-4-3-5-7-18/h3-13H,14H2,1-2H3,(H,24,29)/b22-13-. The SMILES string of the molecule is Cc1cc(C)n(-c2n[nH]c(=S)n2/N=C\c2ccc(OCc3ccccc3)cc2)n1. The van der Waals surface area contributed by atoms with E-state index in [9.17, 15) is 0 Å². The molecule has 0 spiro atoms. The van der Waals surface area contributed by atoms with Gasteiger partial charge in [-0.25, -0.2) is 9.78 Å². The number of H-pyrrole nitrogens is 1. The molecule has 0 amide bonds. The minimum absolute atomic E-state index is 0.395. The van der Waals surface area contributed by atoms with E-state index < -0.39 is 0 Å². The molecule has 0 aliphatic carbocycles. The van der Waals surface area contributed by atoms with Gasteiger partial charge in [-0.05, 0) is 67.5 Å². The van der Waals surface area contributed by atoms with Gasteiger partial charge < -0.3 is 4.74 Å². The van der Waals surface area contributed by atoms with Gasteiger partial charge in [0.15, 0.2) is 0 Å². The Hall–Kier alpha value is -3.52. The molecule has 8 heteroatoms. The minimum Gasteiger partial charge on any atom is -0.489 e. The third-order valence-corrected chi connectivity index (χ3v) is 4.55. The first-order chi connectivity index (χ1) is 14.1. The Morgan fingerprint density at radius 3 is 2.55 bits per heavy atom. The number of ether oxygens (including phenoxy) is 1. The zero-order valence-corrected chi connectivity index (χ0v) is 16.9. The van der Waals surface area contributed by atoms with Crippen molar-refractivity contribution in [2.45, 2.75) is 20.5 Å². The topological polar surface area (TPSA) is 73.0 Å². The molecule has 0 fully saturated rings. The largest absolute Gasteiger partial charge is 0.489 e. The summed E-state index contributed by atoms with van der Waals surface area (Å²) in [5, 5.41) is 15.9. The predicted molar refractivity (Wildman–Crippen MR) is 114 cm³/mol. The lowest BCUT2D eigenvalue weighted by Gasteiger charge is -2.06. The Labute approximate surface area is 173 Å². The van der Waals surface area contributed by atoms with Gasteiger partial charge in [-0.1, -0.05) is 30.3 Å². The number of aromatic nitrogens is 5. The lowest BCUT2D eigenvalue weighted by Crippen LogP contribution is -2.07. The van der Waals surface area contributed by atoms with Crippen LogP contribution in [-0.4, -0.2) is 30.9 Å². The highest BCUT2D eigenvalue weighted by Crippen LogP contribution is 2.14. The third-order valence-electron chi connectivity index (χ3n) is 4.28. The first kappa shape index (κ1) is 18.8. The maximum absolute atomic E-state index is 5.82. The molecule has 0 saturated heterocycles. The molecular formula is C21H20N6OS. The molecule has 1 N–H and O–H groups in total. The first-order valence-corrected chi connectivity index (χ1v) is 9.53. The normalized spacial score (nSPS) is 11.2. The highest BCUT2D eigenvalue weighted by atomic mass is 32.1. The van der Waals surface area contributed by atoms with Gasteiger partial charge in [0.2, 0.25) is 4.77 Å². The van der Waals surface area contributed by atoms with Crippen LogP contribution in [0, 0.1) is 18.6 Å². The fraction of sp³-hybridized carbons (Fsp3) is 0.143. The number of aromatic amines is 1. The van der Waals surface area contributed by atoms with E-state index >= 15 is 0 Å². The van der Waals surface area contributed by atoms with Crippen molar-refractivity contribution in [2.24, 2.45) is 5.10 Å². The summed E-state index contributed by atoms with van der Waals surface area (Å²) in [7, 11) is 0. The smallest absolute Gasteiger partial charge is 0.271 e. The van der Waals surface area contributed by atoms with Gasteiger partial charge in [0, 0.05) is 5.69 Å². The summed E-state index contributed by atoms with van der Waals surface area (Å²) in [6, 6.07) is 19.8. The second-order valence-corrected chi connectivity index (χ2v) is 6.95. The van der Waals surface area contributed by atoms with Crippen molar-refractivity contribution < 1.29 is 4.74 Å². The van der Waals surface area contributed by atoms with Gasteiger partial charge in [0.05, 0.1) is 11.9 Å². The van der Waals surface area contributed by atoms with Gasteiger partial charge in [0.1, 0.15) is 12.4 Å². The van der Waals surface area contributed by atoms with Gasteiger partial charge in [0.25, 0.3) is 5.95 Å². The molecule has 0 saturated carbocycles. The number of aryl methyl sites for hydroxylation is 2. The summed E-state index contributed by atoms with van der Waals surface area (Å²) in [4.78, 5) is 0. The van der Waals surface area contributed by atoms with Crippen LogP contribution in [-0.2, 0) is 6.61 Å². The van der Waals surface area contributed by atoms with Crippen molar-refractivity contribution in [3.8, 4) is 11.7 Å². The van der Waals surface area contributed by atoms with Crippen LogP contribution in [0.4, 0.5) is 0 Å². The Morgan fingerprint density at radius 1 is 1.10 bits per heavy atom. The number of hydrogen-bond acceptors (Lipinski definition) is 5. The van der Waals surface area contributed by atoms with E-state index in [0.717, 1.165) is 28.3 Å². The summed E-state index contributed by atoms with van der Waals surface area (Å²) < 4.78 is 9.47. The van der Waals surface area contributed by atoms with Crippen LogP contribution >= 0.6 is 12.2 Å². The lowest BCUT2D eigenvalue weighted by atomic mass is 10.2. The van der Waals surface area contributed by atoms with Crippen LogP contribution in [0.2, 0.25) is 0 Å². The van der Waals surface area contributed by atoms with Gasteiger partial charge in [-0.3, -0.25) is 0 Å². The lowest BCUT2D eigenvalue weighted by molar-refractivity contribution is 0.306. The molecule has 0 atom stereocenters. The van der Waals surface area contributed by atoms with E-state index in [1.165, 1.54) is 0 Å². The maximum Gasteiger partial charge on any atom is 0.271 e. The predicted octanol–water partition coefficient (Wildman–Crippen LogP) is 4.20. The number of nitrogens with one attached hydrogen (secondary N) is 1. The van der Waals surface area contributed by atoms with Crippen LogP contribution in [0.5, 0.6) is 5.75 Å². The van der Waals surface area contributed by atoms with Gasteiger partial charge in [-0.15, -0.1) is 5.10 Å². The van der Waals surface area contributed by atoms with Gasteiger partial charge >= 0.3 is 0 Å². The van der Waals surface area contributed by atoms with Crippen molar-refractivity contribution in [1.29, 1.82) is 0 Å². The second-order valence-electron chi connectivity index (χ2n) is 6.57. The van der Waals surface area contributed by atoms with Crippen molar-refractivity contribution in [3.05, 3.63) is 87.9 Å². The second kappa shape index (κ2) is 8.24. The molecule has 0 aliphatic heterocycles. The zero-order chi connectivity index (χ0) is 20.2. The molecule has 2 heterocycles. The fourth-order valence-corrected chi connectivity index (χ4v) is 3.05. The average Bonchev–Trinajstić information content (AvgIpc) is 3.27. The van der Waals surface area contributed by atoms with Crippen LogP contribution in [0.15, 0.2) is 65.8 Å². The van der Waals surface area contributed by atoms with Gasteiger partial charge in [-0.2, -0.15) is 14.9 Å².